The number of hydrogen-bond acceptors (Lipinski definition) is 3. The third-order valence-electron chi connectivity index (χ3n) is 3.05. The third-order valence-corrected chi connectivity index (χ3v) is 3.05. The summed E-state index contributed by atoms with van der Waals surface area (Å²) < 4.78 is 4.88. The van der Waals surface area contributed by atoms with Gasteiger partial charge in [0.15, 0.2) is 0 Å². The summed E-state index contributed by atoms with van der Waals surface area (Å²) in [6, 6.07) is 0. The summed E-state index contributed by atoms with van der Waals surface area (Å²) in [6.45, 7) is 10.3. The summed E-state index contributed by atoms with van der Waals surface area (Å²) >= 11 is 0. The van der Waals surface area contributed by atoms with Crippen LogP contribution >= 0.6 is 0 Å². The summed E-state index contributed by atoms with van der Waals surface area (Å²) in [5, 5.41) is 0. The topological polar surface area (TPSA) is 29.5 Å². The minimum Gasteiger partial charge on any atom is -0.466 e. The molecule has 102 valence electrons. The molecule has 0 aromatic rings. The van der Waals surface area contributed by atoms with Crippen molar-refractivity contribution in [3.8, 4) is 0 Å². The highest BCUT2D eigenvalue weighted by Crippen LogP contribution is 2.07. The van der Waals surface area contributed by atoms with E-state index in [9.17, 15) is 4.79 Å². The number of hydrogen-bond donors (Lipinski definition) is 0. The molecule has 0 aromatic heterocycles. The quantitative estimate of drug-likeness (QED) is 0.412. The van der Waals surface area contributed by atoms with E-state index in [0.29, 0.717) is 13.0 Å². The van der Waals surface area contributed by atoms with E-state index < -0.39 is 0 Å². The van der Waals surface area contributed by atoms with Crippen LogP contribution in [0.15, 0.2) is 0 Å². The van der Waals surface area contributed by atoms with Crippen molar-refractivity contribution < 1.29 is 9.53 Å². The lowest BCUT2D eigenvalue weighted by molar-refractivity contribution is -0.143. The molecule has 0 N–H and O–H groups in total. The van der Waals surface area contributed by atoms with E-state index in [1.807, 2.05) is 6.92 Å². The Morgan fingerprint density at radius 1 is 0.941 bits per heavy atom. The number of rotatable bonds is 11. The Morgan fingerprint density at radius 2 is 1.53 bits per heavy atom. The normalized spacial score (nSPS) is 10.8. The Labute approximate surface area is 107 Å². The largest absolute Gasteiger partial charge is 0.466 e. The Balaban J connectivity index is 3.21. The minimum absolute atomic E-state index is 0.0457. The van der Waals surface area contributed by atoms with Crippen LogP contribution in [0.3, 0.4) is 0 Å². The number of unbranched alkanes of at least 4 members (excludes halogenated alkanes) is 4. The molecule has 0 saturated carbocycles. The maximum atomic E-state index is 11.1. The maximum absolute atomic E-state index is 11.1. The van der Waals surface area contributed by atoms with Gasteiger partial charge in [-0.3, -0.25) is 4.79 Å². The standard InChI is InChI=1S/C14H29NO2/c1-4-15(5-2)13-11-9-7-8-10-12-14(16)17-6-3/h4-13H2,1-3H3. The van der Waals surface area contributed by atoms with Gasteiger partial charge in [0.25, 0.3) is 0 Å². The summed E-state index contributed by atoms with van der Waals surface area (Å²) in [5.74, 6) is -0.0457. The monoisotopic (exact) mass is 243 g/mol. The summed E-state index contributed by atoms with van der Waals surface area (Å²) in [5.41, 5.74) is 0. The van der Waals surface area contributed by atoms with Crippen molar-refractivity contribution in [1.29, 1.82) is 0 Å². The van der Waals surface area contributed by atoms with E-state index in [4.69, 9.17) is 4.74 Å². The summed E-state index contributed by atoms with van der Waals surface area (Å²) in [4.78, 5) is 13.5. The van der Waals surface area contributed by atoms with E-state index in [1.165, 1.54) is 25.8 Å². The summed E-state index contributed by atoms with van der Waals surface area (Å²) in [7, 11) is 0. The van der Waals surface area contributed by atoms with Gasteiger partial charge in [0.2, 0.25) is 0 Å². The Morgan fingerprint density at radius 3 is 2.12 bits per heavy atom. The van der Waals surface area contributed by atoms with Crippen molar-refractivity contribution in [2.45, 2.75) is 59.3 Å². The lowest BCUT2D eigenvalue weighted by atomic mass is 10.1. The highest BCUT2D eigenvalue weighted by atomic mass is 16.5. The van der Waals surface area contributed by atoms with Crippen LogP contribution in [0.1, 0.15) is 59.3 Å². The third kappa shape index (κ3) is 10.3. The molecule has 0 rings (SSSR count). The first-order chi connectivity index (χ1) is 8.24. The van der Waals surface area contributed by atoms with Crippen molar-refractivity contribution in [1.82, 2.24) is 4.90 Å². The van der Waals surface area contributed by atoms with E-state index >= 15 is 0 Å². The SMILES string of the molecule is CCOC(=O)CCCCCCCN(CC)CC. The van der Waals surface area contributed by atoms with Gasteiger partial charge >= 0.3 is 5.97 Å². The van der Waals surface area contributed by atoms with Gasteiger partial charge in [-0.2, -0.15) is 0 Å². The van der Waals surface area contributed by atoms with Gasteiger partial charge < -0.3 is 9.64 Å². The molecule has 0 atom stereocenters. The van der Waals surface area contributed by atoms with Gasteiger partial charge in [-0.1, -0.05) is 33.1 Å². The molecule has 0 fully saturated rings. The van der Waals surface area contributed by atoms with Crippen molar-refractivity contribution in [3.05, 3.63) is 0 Å². The second-order valence-electron chi connectivity index (χ2n) is 4.35. The lowest BCUT2D eigenvalue weighted by Crippen LogP contribution is -2.23. The first-order valence-electron chi connectivity index (χ1n) is 7.12. The average molecular weight is 243 g/mol. The lowest BCUT2D eigenvalue weighted by Gasteiger charge is -2.17. The highest BCUT2D eigenvalue weighted by Gasteiger charge is 2.01. The van der Waals surface area contributed by atoms with Crippen molar-refractivity contribution in [2.75, 3.05) is 26.2 Å². The van der Waals surface area contributed by atoms with Gasteiger partial charge in [0.1, 0.15) is 0 Å². The molecule has 17 heavy (non-hydrogen) atoms. The number of esters is 1. The fourth-order valence-electron chi connectivity index (χ4n) is 1.91. The molecule has 0 heterocycles. The zero-order valence-corrected chi connectivity index (χ0v) is 11.8. The molecular formula is C14H29NO2. The Kier molecular flexibility index (Phi) is 11.5. The molecule has 0 aliphatic carbocycles. The maximum Gasteiger partial charge on any atom is 0.305 e. The predicted molar refractivity (Wildman–Crippen MR) is 72.1 cm³/mol. The zero-order chi connectivity index (χ0) is 12.9. The number of carbonyl (C=O) groups excluding carboxylic acids is 1. The molecule has 0 aliphatic rings. The average Bonchev–Trinajstić information content (AvgIpc) is 2.33. The zero-order valence-electron chi connectivity index (χ0n) is 11.8. The summed E-state index contributed by atoms with van der Waals surface area (Å²) in [6.07, 6.45) is 6.51. The molecule has 0 spiro atoms. The highest BCUT2D eigenvalue weighted by molar-refractivity contribution is 5.69. The number of nitrogens with zero attached hydrogens (tertiary/aromatic N) is 1. The number of carbonyl (C=O) groups is 1. The van der Waals surface area contributed by atoms with Crippen LogP contribution in [0.25, 0.3) is 0 Å². The van der Waals surface area contributed by atoms with Gasteiger partial charge in [-0.15, -0.1) is 0 Å². The van der Waals surface area contributed by atoms with E-state index in [0.717, 1.165) is 25.9 Å². The van der Waals surface area contributed by atoms with E-state index in [2.05, 4.69) is 18.7 Å². The molecule has 3 heteroatoms. The first kappa shape index (κ1) is 16.4. The van der Waals surface area contributed by atoms with Crippen LogP contribution in [0, 0.1) is 0 Å². The molecule has 0 unspecified atom stereocenters. The minimum atomic E-state index is -0.0457. The second-order valence-corrected chi connectivity index (χ2v) is 4.35. The molecule has 0 bridgehead atoms. The van der Waals surface area contributed by atoms with Crippen LogP contribution in [-0.4, -0.2) is 37.1 Å². The van der Waals surface area contributed by atoms with Gasteiger partial charge in [-0.05, 0) is 39.4 Å². The van der Waals surface area contributed by atoms with Crippen LogP contribution < -0.4 is 0 Å². The van der Waals surface area contributed by atoms with Gasteiger partial charge in [0.05, 0.1) is 6.61 Å². The molecule has 0 radical (unpaired) electrons. The first-order valence-corrected chi connectivity index (χ1v) is 7.12. The van der Waals surface area contributed by atoms with Gasteiger partial charge in [0, 0.05) is 6.42 Å². The van der Waals surface area contributed by atoms with E-state index in [1.54, 1.807) is 0 Å². The predicted octanol–water partition coefficient (Wildman–Crippen LogP) is 3.23. The van der Waals surface area contributed by atoms with E-state index in [-0.39, 0.29) is 5.97 Å². The van der Waals surface area contributed by atoms with Crippen LogP contribution in [-0.2, 0) is 9.53 Å². The fourth-order valence-corrected chi connectivity index (χ4v) is 1.91. The second kappa shape index (κ2) is 11.9. The molecule has 3 nitrogen and oxygen atoms in total. The number of ether oxygens (including phenoxy) is 1. The molecule has 0 aromatic carbocycles. The fraction of sp³-hybridized carbons (Fsp3) is 0.929. The Hall–Kier alpha value is -0.570. The van der Waals surface area contributed by atoms with Crippen molar-refractivity contribution in [2.24, 2.45) is 0 Å². The molecule has 0 aliphatic heterocycles. The van der Waals surface area contributed by atoms with Crippen LogP contribution in [0.4, 0.5) is 0 Å². The van der Waals surface area contributed by atoms with Crippen molar-refractivity contribution >= 4 is 5.97 Å². The van der Waals surface area contributed by atoms with Gasteiger partial charge in [-0.25, -0.2) is 0 Å². The molecular weight excluding hydrogens is 214 g/mol. The van der Waals surface area contributed by atoms with Crippen molar-refractivity contribution in [3.63, 3.8) is 0 Å². The van der Waals surface area contributed by atoms with Crippen LogP contribution in [0.2, 0.25) is 0 Å². The van der Waals surface area contributed by atoms with Crippen LogP contribution in [0.5, 0.6) is 0 Å². The smallest absolute Gasteiger partial charge is 0.305 e. The molecule has 0 saturated heterocycles. The Bertz CT molecular complexity index is 179. The molecule has 0 amide bonds.